The number of hydrogen-bond acceptors (Lipinski definition) is 3. The molecule has 0 heterocycles. The van der Waals surface area contributed by atoms with E-state index in [0.717, 1.165) is 0 Å². The van der Waals surface area contributed by atoms with Crippen LogP contribution >= 0.6 is 0 Å². The minimum absolute atomic E-state index is 0. The monoisotopic (exact) mass is 117 g/mol. The number of carbonyl (C=O) groups excluding carboxylic acids is 1. The molecule has 0 saturated carbocycles. The van der Waals surface area contributed by atoms with Gasteiger partial charge >= 0.3 is 6.03 Å². The number of amides is 2. The maximum Gasteiger partial charge on any atom is 0.309 e. The molecule has 0 rings (SSSR count). The molecular weight excluding hydrogens is 111 g/mol. The summed E-state index contributed by atoms with van der Waals surface area (Å²) in [5, 5.41) is 12.0. The van der Waals surface area contributed by atoms with Gasteiger partial charge in [0.1, 0.15) is 0 Å². The van der Waals surface area contributed by atoms with E-state index in [1.54, 1.807) is 0 Å². The van der Waals surface area contributed by atoms with Crippen LogP contribution in [0.25, 0.3) is 0 Å². The standard InChI is InChI=1S/CH4N2O.Na.H2O2/c2-1(3)4;;1-2/h(H4,2,3,4);;1-2H. The first-order chi connectivity index (χ1) is 2.73. The van der Waals surface area contributed by atoms with Gasteiger partial charge in [-0.1, -0.05) is 0 Å². The first kappa shape index (κ1) is 15.7. The summed E-state index contributed by atoms with van der Waals surface area (Å²) in [6, 6.07) is -0.833. The quantitative estimate of drug-likeness (QED) is 0.179. The van der Waals surface area contributed by atoms with Crippen molar-refractivity contribution in [3.63, 3.8) is 0 Å². The summed E-state index contributed by atoms with van der Waals surface area (Å²) in [7, 11) is 0. The Kier molecular flexibility index (Phi) is 36.7. The Labute approximate surface area is 62.5 Å². The second-order valence-electron chi connectivity index (χ2n) is 0.402. The summed E-state index contributed by atoms with van der Waals surface area (Å²) >= 11 is 0. The molecule has 0 aliphatic rings. The van der Waals surface area contributed by atoms with Crippen molar-refractivity contribution in [2.24, 2.45) is 11.5 Å². The third-order valence-corrected chi connectivity index (χ3v) is 0. The Balaban J connectivity index is -0.0000000480. The van der Waals surface area contributed by atoms with Crippen LogP contribution in [0.2, 0.25) is 0 Å². The summed E-state index contributed by atoms with van der Waals surface area (Å²) < 4.78 is 0. The van der Waals surface area contributed by atoms with Crippen LogP contribution in [-0.2, 0) is 0 Å². The molecule has 0 saturated heterocycles. The maximum atomic E-state index is 9.00. The summed E-state index contributed by atoms with van der Waals surface area (Å²) in [4.78, 5) is 9.00. The summed E-state index contributed by atoms with van der Waals surface area (Å²) in [6.45, 7) is 0. The SMILES string of the molecule is NC(N)=O.OO.[Na]. The predicted molar refractivity (Wildman–Crippen MR) is 24.8 cm³/mol. The van der Waals surface area contributed by atoms with E-state index in [1.807, 2.05) is 0 Å². The van der Waals surface area contributed by atoms with Gasteiger partial charge in [0.2, 0.25) is 0 Å². The first-order valence-corrected chi connectivity index (χ1v) is 0.981. The largest absolute Gasteiger partial charge is 0.352 e. The Hall–Kier alpha value is 0.190. The van der Waals surface area contributed by atoms with Crippen LogP contribution < -0.4 is 11.5 Å². The fourth-order valence-corrected chi connectivity index (χ4v) is 0. The Bertz CT molecular complexity index is 35.9. The Morgan fingerprint density at radius 1 is 1.29 bits per heavy atom. The van der Waals surface area contributed by atoms with Gasteiger partial charge in [-0.25, -0.2) is 4.79 Å². The molecule has 0 aliphatic carbocycles. The molecule has 0 fully saturated rings. The van der Waals surface area contributed by atoms with Gasteiger partial charge in [0, 0.05) is 29.6 Å². The molecule has 6 heteroatoms. The van der Waals surface area contributed by atoms with Crippen LogP contribution in [0.5, 0.6) is 0 Å². The molecule has 0 unspecified atom stereocenters. The molecule has 2 amide bonds. The molecule has 0 aromatic carbocycles. The van der Waals surface area contributed by atoms with Crippen LogP contribution in [0.4, 0.5) is 4.79 Å². The fourth-order valence-electron chi connectivity index (χ4n) is 0. The minimum atomic E-state index is -0.833. The molecule has 0 aromatic heterocycles. The van der Waals surface area contributed by atoms with E-state index in [0.29, 0.717) is 0 Å². The van der Waals surface area contributed by atoms with E-state index in [4.69, 9.17) is 15.3 Å². The smallest absolute Gasteiger partial charge is 0.309 e. The van der Waals surface area contributed by atoms with Crippen molar-refractivity contribution in [2.45, 2.75) is 0 Å². The Morgan fingerprint density at radius 2 is 1.29 bits per heavy atom. The van der Waals surface area contributed by atoms with Crippen molar-refractivity contribution in [3.8, 4) is 0 Å². The molecule has 6 N–H and O–H groups in total. The fraction of sp³-hybridized carbons (Fsp3) is 0. The van der Waals surface area contributed by atoms with Crippen molar-refractivity contribution in [2.75, 3.05) is 0 Å². The number of primary amides is 2. The van der Waals surface area contributed by atoms with Crippen LogP contribution in [0, 0.1) is 0 Å². The van der Waals surface area contributed by atoms with E-state index < -0.39 is 6.03 Å². The molecule has 7 heavy (non-hydrogen) atoms. The number of rotatable bonds is 0. The van der Waals surface area contributed by atoms with E-state index in [1.165, 1.54) is 0 Å². The summed E-state index contributed by atoms with van der Waals surface area (Å²) in [5.41, 5.74) is 8.50. The van der Waals surface area contributed by atoms with E-state index >= 15 is 0 Å². The van der Waals surface area contributed by atoms with E-state index in [2.05, 4.69) is 11.5 Å². The molecule has 0 atom stereocenters. The average Bonchev–Trinajstić information content (AvgIpc) is 1.41. The van der Waals surface area contributed by atoms with Crippen LogP contribution in [0.1, 0.15) is 0 Å². The third-order valence-electron chi connectivity index (χ3n) is 0. The van der Waals surface area contributed by atoms with Crippen molar-refractivity contribution in [1.29, 1.82) is 0 Å². The van der Waals surface area contributed by atoms with Gasteiger partial charge in [0.15, 0.2) is 0 Å². The molecule has 5 nitrogen and oxygen atoms in total. The van der Waals surface area contributed by atoms with Gasteiger partial charge in [-0.2, -0.15) is 0 Å². The van der Waals surface area contributed by atoms with E-state index in [-0.39, 0.29) is 29.6 Å². The van der Waals surface area contributed by atoms with Crippen molar-refractivity contribution >= 4 is 35.6 Å². The number of hydrogen-bond donors (Lipinski definition) is 4. The van der Waals surface area contributed by atoms with Crippen LogP contribution in [0.3, 0.4) is 0 Å². The van der Waals surface area contributed by atoms with Crippen molar-refractivity contribution in [3.05, 3.63) is 0 Å². The van der Waals surface area contributed by atoms with Crippen LogP contribution in [0.15, 0.2) is 0 Å². The number of nitrogens with two attached hydrogens (primary N) is 2. The van der Waals surface area contributed by atoms with Gasteiger partial charge in [-0.3, -0.25) is 10.5 Å². The first-order valence-electron chi connectivity index (χ1n) is 0.981. The van der Waals surface area contributed by atoms with Crippen molar-refractivity contribution < 1.29 is 15.3 Å². The van der Waals surface area contributed by atoms with Crippen LogP contribution in [-0.4, -0.2) is 46.1 Å². The van der Waals surface area contributed by atoms with Gasteiger partial charge in [0.25, 0.3) is 0 Å². The number of urea groups is 1. The predicted octanol–water partition coefficient (Wildman–Crippen LogP) is -1.34. The van der Waals surface area contributed by atoms with Crippen molar-refractivity contribution in [1.82, 2.24) is 0 Å². The molecule has 39 valence electrons. The molecule has 0 aliphatic heterocycles. The zero-order valence-electron chi connectivity index (χ0n) is 3.96. The second-order valence-corrected chi connectivity index (χ2v) is 0.402. The third kappa shape index (κ3) is 3010. The maximum absolute atomic E-state index is 9.00. The Morgan fingerprint density at radius 3 is 1.29 bits per heavy atom. The summed E-state index contributed by atoms with van der Waals surface area (Å²) in [6.07, 6.45) is 0. The minimum Gasteiger partial charge on any atom is -0.352 e. The molecule has 1 radical (unpaired) electrons. The topological polar surface area (TPSA) is 110 Å². The van der Waals surface area contributed by atoms with Gasteiger partial charge in [-0.15, -0.1) is 0 Å². The zero-order chi connectivity index (χ0) is 5.58. The molecular formula is CH6N2NaO3. The molecule has 0 bridgehead atoms. The molecule has 0 spiro atoms. The summed E-state index contributed by atoms with van der Waals surface area (Å²) in [5.74, 6) is 0. The second kappa shape index (κ2) is 16.4. The van der Waals surface area contributed by atoms with E-state index in [9.17, 15) is 0 Å². The van der Waals surface area contributed by atoms with Gasteiger partial charge < -0.3 is 11.5 Å². The van der Waals surface area contributed by atoms with Gasteiger partial charge in [0.05, 0.1) is 0 Å². The normalized spacial score (nSPS) is 4.29. The van der Waals surface area contributed by atoms with Gasteiger partial charge in [-0.05, 0) is 0 Å². The molecule has 0 aromatic rings. The number of carbonyl (C=O) groups is 1. The zero-order valence-corrected chi connectivity index (χ0v) is 5.96. The average molecular weight is 117 g/mol.